The van der Waals surface area contributed by atoms with E-state index in [1.165, 1.54) is 11.1 Å². The highest BCUT2D eigenvalue weighted by molar-refractivity contribution is 7.89. The summed E-state index contributed by atoms with van der Waals surface area (Å²) in [6.07, 6.45) is 1.82. The Morgan fingerprint density at radius 1 is 0.800 bits per heavy atom. The number of hydrogen-bond donors (Lipinski definition) is 2. The minimum Gasteiger partial charge on any atom is -0.376 e. The zero-order chi connectivity index (χ0) is 21.6. The maximum Gasteiger partial charge on any atom is 0.240 e. The zero-order valence-electron chi connectivity index (χ0n) is 17.9. The molecule has 0 spiro atoms. The SMILES string of the molecule is CCc1cccc(CC)c1NC(CNS(=O)(=O)c1ccc(C)cc1)c1ccccc1. The number of nitrogens with one attached hydrogen (secondary N) is 2. The monoisotopic (exact) mass is 422 g/mol. The summed E-state index contributed by atoms with van der Waals surface area (Å²) in [5, 5.41) is 3.64. The van der Waals surface area contributed by atoms with Crippen molar-refractivity contribution in [3.63, 3.8) is 0 Å². The largest absolute Gasteiger partial charge is 0.376 e. The minimum absolute atomic E-state index is 0.190. The van der Waals surface area contributed by atoms with E-state index in [9.17, 15) is 8.42 Å². The first kappa shape index (κ1) is 22.1. The van der Waals surface area contributed by atoms with Gasteiger partial charge >= 0.3 is 0 Å². The summed E-state index contributed by atoms with van der Waals surface area (Å²) in [5.41, 5.74) is 5.64. The van der Waals surface area contributed by atoms with Gasteiger partial charge in [0.15, 0.2) is 0 Å². The zero-order valence-corrected chi connectivity index (χ0v) is 18.7. The third-order valence-corrected chi connectivity index (χ3v) is 6.77. The first-order valence-corrected chi connectivity index (χ1v) is 11.9. The Kier molecular flexibility index (Phi) is 7.29. The van der Waals surface area contributed by atoms with Gasteiger partial charge in [-0.15, -0.1) is 0 Å². The van der Waals surface area contributed by atoms with Crippen LogP contribution in [-0.4, -0.2) is 15.0 Å². The molecule has 1 atom stereocenters. The van der Waals surface area contributed by atoms with Crippen molar-refractivity contribution >= 4 is 15.7 Å². The third-order valence-electron chi connectivity index (χ3n) is 5.33. The Morgan fingerprint density at radius 3 is 1.97 bits per heavy atom. The maximum absolute atomic E-state index is 12.8. The van der Waals surface area contributed by atoms with Gasteiger partial charge in [-0.1, -0.05) is 80.1 Å². The van der Waals surface area contributed by atoms with Gasteiger partial charge in [-0.25, -0.2) is 13.1 Å². The van der Waals surface area contributed by atoms with Crippen molar-refractivity contribution in [3.8, 4) is 0 Å². The predicted octanol–water partition coefficient (Wildman–Crippen LogP) is 5.25. The Bertz CT molecular complexity index is 1040. The highest BCUT2D eigenvalue weighted by Crippen LogP contribution is 2.27. The van der Waals surface area contributed by atoms with E-state index in [2.05, 4.69) is 42.1 Å². The average molecular weight is 423 g/mol. The van der Waals surface area contributed by atoms with Gasteiger partial charge in [0.05, 0.1) is 10.9 Å². The normalized spacial score (nSPS) is 12.5. The molecule has 0 saturated carbocycles. The highest BCUT2D eigenvalue weighted by atomic mass is 32.2. The second kappa shape index (κ2) is 9.92. The van der Waals surface area contributed by atoms with Crippen LogP contribution in [0.1, 0.15) is 42.1 Å². The van der Waals surface area contributed by atoms with Gasteiger partial charge in [0.25, 0.3) is 0 Å². The number of sulfonamides is 1. The molecule has 30 heavy (non-hydrogen) atoms. The molecule has 4 nitrogen and oxygen atoms in total. The van der Waals surface area contributed by atoms with E-state index < -0.39 is 10.0 Å². The lowest BCUT2D eigenvalue weighted by Crippen LogP contribution is -2.32. The van der Waals surface area contributed by atoms with Gasteiger partial charge < -0.3 is 5.32 Å². The lowest BCUT2D eigenvalue weighted by atomic mass is 10.0. The molecule has 0 bridgehead atoms. The molecule has 0 fully saturated rings. The van der Waals surface area contributed by atoms with Gasteiger partial charge in [0.1, 0.15) is 0 Å². The fraction of sp³-hybridized carbons (Fsp3) is 0.280. The predicted molar refractivity (Wildman–Crippen MR) is 124 cm³/mol. The summed E-state index contributed by atoms with van der Waals surface area (Å²) in [6, 6.07) is 23.0. The van der Waals surface area contributed by atoms with Crippen LogP contribution in [0, 0.1) is 6.92 Å². The summed E-state index contributed by atoms with van der Waals surface area (Å²) in [6.45, 7) is 6.46. The molecule has 0 saturated heterocycles. The van der Waals surface area contributed by atoms with E-state index in [1.807, 2.05) is 49.4 Å². The second-order valence-corrected chi connectivity index (χ2v) is 9.20. The quantitative estimate of drug-likeness (QED) is 0.495. The second-order valence-electron chi connectivity index (χ2n) is 7.43. The molecule has 158 valence electrons. The molecule has 0 aromatic heterocycles. The fourth-order valence-corrected chi connectivity index (χ4v) is 4.58. The Morgan fingerprint density at radius 2 is 1.40 bits per heavy atom. The summed E-state index contributed by atoms with van der Waals surface area (Å²) < 4.78 is 28.5. The van der Waals surface area contributed by atoms with Gasteiger partial charge in [-0.05, 0) is 48.6 Å². The van der Waals surface area contributed by atoms with E-state index in [-0.39, 0.29) is 17.5 Å². The highest BCUT2D eigenvalue weighted by Gasteiger charge is 2.20. The molecule has 0 amide bonds. The van der Waals surface area contributed by atoms with Crippen molar-refractivity contribution in [2.75, 3.05) is 11.9 Å². The maximum atomic E-state index is 12.8. The van der Waals surface area contributed by atoms with Crippen molar-refractivity contribution in [1.29, 1.82) is 0 Å². The van der Waals surface area contributed by atoms with Crippen LogP contribution in [0.4, 0.5) is 5.69 Å². The number of aryl methyl sites for hydroxylation is 3. The Labute approximate surface area is 180 Å². The lowest BCUT2D eigenvalue weighted by Gasteiger charge is -2.24. The van der Waals surface area contributed by atoms with Gasteiger partial charge in [0, 0.05) is 12.2 Å². The topological polar surface area (TPSA) is 58.2 Å². The van der Waals surface area contributed by atoms with Crippen LogP contribution in [0.3, 0.4) is 0 Å². The van der Waals surface area contributed by atoms with Crippen molar-refractivity contribution < 1.29 is 8.42 Å². The van der Waals surface area contributed by atoms with E-state index in [4.69, 9.17) is 0 Å². The van der Waals surface area contributed by atoms with Crippen molar-refractivity contribution in [2.45, 2.75) is 44.6 Å². The first-order chi connectivity index (χ1) is 14.4. The van der Waals surface area contributed by atoms with Crippen LogP contribution < -0.4 is 10.0 Å². The van der Waals surface area contributed by atoms with Crippen LogP contribution in [0.5, 0.6) is 0 Å². The van der Waals surface area contributed by atoms with Crippen molar-refractivity contribution in [3.05, 3.63) is 95.1 Å². The fourth-order valence-electron chi connectivity index (χ4n) is 3.53. The third kappa shape index (κ3) is 5.29. The summed E-state index contributed by atoms with van der Waals surface area (Å²) >= 11 is 0. The number of rotatable bonds is 9. The van der Waals surface area contributed by atoms with Crippen LogP contribution in [0.25, 0.3) is 0 Å². The van der Waals surface area contributed by atoms with Gasteiger partial charge in [-0.3, -0.25) is 0 Å². The number of benzene rings is 3. The van der Waals surface area contributed by atoms with E-state index in [1.54, 1.807) is 12.1 Å². The molecule has 0 aliphatic rings. The molecule has 5 heteroatoms. The Hall–Kier alpha value is -2.63. The van der Waals surface area contributed by atoms with Crippen LogP contribution >= 0.6 is 0 Å². The summed E-state index contributed by atoms with van der Waals surface area (Å²) in [7, 11) is -3.59. The molecule has 3 aromatic rings. The van der Waals surface area contributed by atoms with Crippen molar-refractivity contribution in [1.82, 2.24) is 4.72 Å². The van der Waals surface area contributed by atoms with E-state index >= 15 is 0 Å². The summed E-state index contributed by atoms with van der Waals surface area (Å²) in [5.74, 6) is 0. The number of hydrogen-bond acceptors (Lipinski definition) is 3. The van der Waals surface area contributed by atoms with E-state index in [0.29, 0.717) is 0 Å². The standard InChI is InChI=1S/C25H30N2O2S/c1-4-20-12-9-13-21(5-2)25(20)27-24(22-10-7-6-8-11-22)18-26-30(28,29)23-16-14-19(3)15-17-23/h6-17,24,26-27H,4-5,18H2,1-3H3. The minimum atomic E-state index is -3.59. The summed E-state index contributed by atoms with van der Waals surface area (Å²) in [4.78, 5) is 0.281. The molecule has 0 radical (unpaired) electrons. The Balaban J connectivity index is 1.89. The molecule has 2 N–H and O–H groups in total. The smallest absolute Gasteiger partial charge is 0.240 e. The van der Waals surface area contributed by atoms with Crippen LogP contribution in [0.2, 0.25) is 0 Å². The van der Waals surface area contributed by atoms with Gasteiger partial charge in [0.2, 0.25) is 10.0 Å². The lowest BCUT2D eigenvalue weighted by molar-refractivity contribution is 0.576. The molecule has 0 aliphatic carbocycles. The number of para-hydroxylation sites is 1. The molecule has 3 aromatic carbocycles. The first-order valence-electron chi connectivity index (χ1n) is 10.4. The molecular weight excluding hydrogens is 392 g/mol. The van der Waals surface area contributed by atoms with Crippen molar-refractivity contribution in [2.24, 2.45) is 0 Å². The molecule has 1 unspecified atom stereocenters. The van der Waals surface area contributed by atoms with Gasteiger partial charge in [-0.2, -0.15) is 0 Å². The molecule has 0 aliphatic heterocycles. The number of anilines is 1. The average Bonchev–Trinajstić information content (AvgIpc) is 2.77. The molecular formula is C25H30N2O2S. The van der Waals surface area contributed by atoms with Crippen LogP contribution in [0.15, 0.2) is 77.7 Å². The molecule has 0 heterocycles. The molecule has 3 rings (SSSR count). The van der Waals surface area contributed by atoms with Crippen LogP contribution in [-0.2, 0) is 22.9 Å². The van der Waals surface area contributed by atoms with E-state index in [0.717, 1.165) is 29.7 Å².